The van der Waals surface area contributed by atoms with Crippen LogP contribution in [0.25, 0.3) is 0 Å². The molecule has 0 radical (unpaired) electrons. The molecule has 0 heterocycles. The van der Waals surface area contributed by atoms with E-state index in [1.165, 1.54) is 0 Å². The van der Waals surface area contributed by atoms with Crippen molar-refractivity contribution >= 4 is 5.91 Å². The first-order valence-corrected chi connectivity index (χ1v) is 4.99. The first-order chi connectivity index (χ1) is 6.74. The van der Waals surface area contributed by atoms with Crippen molar-refractivity contribution in [2.45, 2.75) is 25.3 Å². The second-order valence-electron chi connectivity index (χ2n) is 3.19. The fourth-order valence-corrected chi connectivity index (χ4v) is 1.11. The highest BCUT2D eigenvalue weighted by Crippen LogP contribution is 1.91. The summed E-state index contributed by atoms with van der Waals surface area (Å²) < 4.78 is 0. The van der Waals surface area contributed by atoms with Gasteiger partial charge in [0.05, 0.1) is 0 Å². The fraction of sp³-hybridized carbons (Fsp3) is 0.889. The van der Waals surface area contributed by atoms with E-state index in [-0.39, 0.29) is 18.6 Å². The second kappa shape index (κ2) is 8.93. The molecule has 0 saturated heterocycles. The highest BCUT2D eigenvalue weighted by atomic mass is 16.2. The van der Waals surface area contributed by atoms with Crippen molar-refractivity contribution in [3.63, 3.8) is 0 Å². The van der Waals surface area contributed by atoms with Gasteiger partial charge in [0, 0.05) is 32.7 Å². The highest BCUT2D eigenvalue weighted by Gasteiger charge is 2.09. The molecule has 0 aromatic carbocycles. The summed E-state index contributed by atoms with van der Waals surface area (Å²) >= 11 is 0. The van der Waals surface area contributed by atoms with Crippen LogP contribution < -0.4 is 16.4 Å². The fourth-order valence-electron chi connectivity index (χ4n) is 1.11. The summed E-state index contributed by atoms with van der Waals surface area (Å²) in [7, 11) is 1.61. The van der Waals surface area contributed by atoms with E-state index in [4.69, 9.17) is 10.8 Å². The lowest BCUT2D eigenvalue weighted by molar-refractivity contribution is -0.121. The molecule has 1 atom stereocenters. The molecular weight excluding hydrogens is 182 g/mol. The van der Waals surface area contributed by atoms with Gasteiger partial charge in [-0.2, -0.15) is 0 Å². The minimum atomic E-state index is -0.00453. The molecule has 1 amide bonds. The topological polar surface area (TPSA) is 87.4 Å². The first kappa shape index (κ1) is 13.4. The summed E-state index contributed by atoms with van der Waals surface area (Å²) in [4.78, 5) is 11.0. The van der Waals surface area contributed by atoms with Gasteiger partial charge in [0.25, 0.3) is 0 Å². The summed E-state index contributed by atoms with van der Waals surface area (Å²) in [5.41, 5.74) is 5.50. The molecule has 5 N–H and O–H groups in total. The Hall–Kier alpha value is -0.650. The second-order valence-corrected chi connectivity index (χ2v) is 3.19. The molecule has 0 aliphatic heterocycles. The Bertz CT molecular complexity index is 153. The number of carbonyl (C=O) groups excluding carboxylic acids is 1. The molecule has 1 unspecified atom stereocenters. The largest absolute Gasteiger partial charge is 0.396 e. The van der Waals surface area contributed by atoms with Crippen LogP contribution in [0, 0.1) is 0 Å². The van der Waals surface area contributed by atoms with E-state index < -0.39 is 0 Å². The molecule has 0 aliphatic carbocycles. The Morgan fingerprint density at radius 1 is 1.50 bits per heavy atom. The summed E-state index contributed by atoms with van der Waals surface area (Å²) in [6.45, 7) is 1.45. The average molecular weight is 203 g/mol. The number of aliphatic hydroxyl groups is 1. The third kappa shape index (κ3) is 6.82. The quantitative estimate of drug-likeness (QED) is 0.374. The average Bonchev–Trinajstić information content (AvgIpc) is 2.22. The zero-order valence-corrected chi connectivity index (χ0v) is 8.75. The molecular formula is C9H21N3O2. The van der Waals surface area contributed by atoms with E-state index in [1.807, 2.05) is 0 Å². The molecule has 0 bridgehead atoms. The van der Waals surface area contributed by atoms with Crippen LogP contribution in [0.3, 0.4) is 0 Å². The molecule has 5 nitrogen and oxygen atoms in total. The van der Waals surface area contributed by atoms with Crippen molar-refractivity contribution in [1.82, 2.24) is 10.6 Å². The van der Waals surface area contributed by atoms with Gasteiger partial charge in [0.2, 0.25) is 5.91 Å². The molecule has 5 heteroatoms. The van der Waals surface area contributed by atoms with Crippen LogP contribution in [0.15, 0.2) is 0 Å². The van der Waals surface area contributed by atoms with Crippen LogP contribution >= 0.6 is 0 Å². The Morgan fingerprint density at radius 3 is 2.71 bits per heavy atom. The van der Waals surface area contributed by atoms with Gasteiger partial charge in [-0.3, -0.25) is 4.79 Å². The zero-order chi connectivity index (χ0) is 10.8. The predicted octanol–water partition coefficient (Wildman–Crippen LogP) is -1.19. The lowest BCUT2D eigenvalue weighted by atomic mass is 10.2. The van der Waals surface area contributed by atoms with Crippen LogP contribution in [0.1, 0.15) is 19.3 Å². The Balaban J connectivity index is 3.52. The number of aliphatic hydroxyl groups excluding tert-OH is 1. The number of nitrogens with one attached hydrogen (secondary N) is 2. The molecule has 84 valence electrons. The molecule has 0 aromatic heterocycles. The Morgan fingerprint density at radius 2 is 2.21 bits per heavy atom. The van der Waals surface area contributed by atoms with Crippen molar-refractivity contribution < 1.29 is 9.90 Å². The van der Waals surface area contributed by atoms with Crippen LogP contribution in [0.4, 0.5) is 0 Å². The maximum Gasteiger partial charge on any atom is 0.221 e. The lowest BCUT2D eigenvalue weighted by Crippen LogP contribution is -2.40. The molecule has 14 heavy (non-hydrogen) atoms. The molecule has 0 rings (SSSR count). The number of nitrogens with two attached hydrogens (primary N) is 1. The van der Waals surface area contributed by atoms with E-state index in [0.29, 0.717) is 13.0 Å². The standard InChI is InChI=1S/C9H21N3O2/c1-11-9(14)6-8(7-10)12-4-2-3-5-13/h8,12-13H,2-7,10H2,1H3,(H,11,14). The summed E-state index contributed by atoms with van der Waals surface area (Å²) in [5, 5.41) is 14.3. The number of unbranched alkanes of at least 4 members (excludes halogenated alkanes) is 1. The van der Waals surface area contributed by atoms with Gasteiger partial charge < -0.3 is 21.5 Å². The van der Waals surface area contributed by atoms with Gasteiger partial charge in [0.1, 0.15) is 0 Å². The van der Waals surface area contributed by atoms with Crippen LogP contribution in [-0.4, -0.2) is 43.8 Å². The third-order valence-corrected chi connectivity index (χ3v) is 2.01. The van der Waals surface area contributed by atoms with Crippen molar-refractivity contribution in [2.75, 3.05) is 26.7 Å². The zero-order valence-electron chi connectivity index (χ0n) is 8.75. The van der Waals surface area contributed by atoms with Crippen molar-refractivity contribution in [2.24, 2.45) is 5.73 Å². The van der Waals surface area contributed by atoms with Gasteiger partial charge >= 0.3 is 0 Å². The summed E-state index contributed by atoms with van der Waals surface area (Å²) in [6, 6.07) is 0.0358. The number of hydrogen-bond donors (Lipinski definition) is 4. The minimum Gasteiger partial charge on any atom is -0.396 e. The monoisotopic (exact) mass is 203 g/mol. The van der Waals surface area contributed by atoms with Crippen molar-refractivity contribution in [1.29, 1.82) is 0 Å². The SMILES string of the molecule is CNC(=O)CC(CN)NCCCCO. The van der Waals surface area contributed by atoms with E-state index in [0.717, 1.165) is 19.4 Å². The van der Waals surface area contributed by atoms with Gasteiger partial charge in [0.15, 0.2) is 0 Å². The van der Waals surface area contributed by atoms with E-state index >= 15 is 0 Å². The molecule has 0 aliphatic rings. The third-order valence-electron chi connectivity index (χ3n) is 2.01. The molecule has 0 spiro atoms. The van der Waals surface area contributed by atoms with Crippen LogP contribution in [0.2, 0.25) is 0 Å². The molecule has 0 fully saturated rings. The number of amides is 1. The lowest BCUT2D eigenvalue weighted by Gasteiger charge is -2.15. The summed E-state index contributed by atoms with van der Waals surface area (Å²) in [6.07, 6.45) is 2.09. The molecule has 0 aromatic rings. The summed E-state index contributed by atoms with van der Waals surface area (Å²) in [5.74, 6) is -0.00453. The number of rotatable bonds is 8. The van der Waals surface area contributed by atoms with Gasteiger partial charge in [-0.25, -0.2) is 0 Å². The van der Waals surface area contributed by atoms with Crippen molar-refractivity contribution in [3.8, 4) is 0 Å². The van der Waals surface area contributed by atoms with Crippen molar-refractivity contribution in [3.05, 3.63) is 0 Å². The smallest absolute Gasteiger partial charge is 0.221 e. The van der Waals surface area contributed by atoms with Gasteiger partial charge in [-0.05, 0) is 19.4 Å². The van der Waals surface area contributed by atoms with E-state index in [1.54, 1.807) is 7.05 Å². The minimum absolute atomic E-state index is 0.00453. The highest BCUT2D eigenvalue weighted by molar-refractivity contribution is 5.76. The first-order valence-electron chi connectivity index (χ1n) is 4.99. The van der Waals surface area contributed by atoms with E-state index in [9.17, 15) is 4.79 Å². The van der Waals surface area contributed by atoms with Crippen LogP contribution in [-0.2, 0) is 4.79 Å². The van der Waals surface area contributed by atoms with E-state index in [2.05, 4.69) is 10.6 Å². The Kier molecular flexibility index (Phi) is 8.51. The molecule has 0 saturated carbocycles. The van der Waals surface area contributed by atoms with Gasteiger partial charge in [-0.1, -0.05) is 0 Å². The van der Waals surface area contributed by atoms with Gasteiger partial charge in [-0.15, -0.1) is 0 Å². The predicted molar refractivity (Wildman–Crippen MR) is 55.8 cm³/mol. The van der Waals surface area contributed by atoms with Crippen LogP contribution in [0.5, 0.6) is 0 Å². The maximum absolute atomic E-state index is 11.0. The number of hydrogen-bond acceptors (Lipinski definition) is 4. The normalized spacial score (nSPS) is 12.5. The maximum atomic E-state index is 11.0. The Labute approximate surface area is 85.1 Å². The number of carbonyl (C=O) groups is 1.